The van der Waals surface area contributed by atoms with Crippen LogP contribution in [0.5, 0.6) is 0 Å². The number of hydrogen-bond donors (Lipinski definition) is 2. The van der Waals surface area contributed by atoms with Crippen LogP contribution in [0.3, 0.4) is 0 Å². The maximum Gasteiger partial charge on any atom is 0.0643 e. The zero-order valence-electron chi connectivity index (χ0n) is 8.91. The third-order valence-electron chi connectivity index (χ3n) is 1.77. The van der Waals surface area contributed by atoms with Gasteiger partial charge >= 0.3 is 0 Å². The second kappa shape index (κ2) is 5.16. The standard InChI is InChI=1S/C10H18N2S2/c1-10(2,3)14-7-8(12-11)9-5-4-6-13-9/h4-6,8,12H,7,11H2,1-3H3. The van der Waals surface area contributed by atoms with Crippen molar-refractivity contribution >= 4 is 23.1 Å². The molecule has 0 spiro atoms. The van der Waals surface area contributed by atoms with E-state index >= 15 is 0 Å². The van der Waals surface area contributed by atoms with Gasteiger partial charge in [0.1, 0.15) is 0 Å². The summed E-state index contributed by atoms with van der Waals surface area (Å²) in [7, 11) is 0. The first-order valence-electron chi connectivity index (χ1n) is 4.66. The lowest BCUT2D eigenvalue weighted by Gasteiger charge is -2.21. The third-order valence-corrected chi connectivity index (χ3v) is 4.12. The average molecular weight is 230 g/mol. The molecule has 0 aliphatic carbocycles. The molecule has 80 valence electrons. The number of nitrogens with one attached hydrogen (secondary N) is 1. The minimum absolute atomic E-state index is 0.277. The average Bonchev–Trinajstić information content (AvgIpc) is 2.56. The summed E-state index contributed by atoms with van der Waals surface area (Å²) in [6, 6.07) is 4.46. The van der Waals surface area contributed by atoms with E-state index in [2.05, 4.69) is 43.7 Å². The SMILES string of the molecule is CC(C)(C)SCC(NN)c1cccs1. The Kier molecular flexibility index (Phi) is 4.44. The van der Waals surface area contributed by atoms with Gasteiger partial charge in [-0.15, -0.1) is 11.3 Å². The monoisotopic (exact) mass is 230 g/mol. The van der Waals surface area contributed by atoms with E-state index in [-0.39, 0.29) is 6.04 Å². The zero-order chi connectivity index (χ0) is 10.6. The fourth-order valence-electron chi connectivity index (χ4n) is 1.04. The van der Waals surface area contributed by atoms with Gasteiger partial charge in [0.2, 0.25) is 0 Å². The van der Waals surface area contributed by atoms with Gasteiger partial charge in [0, 0.05) is 15.4 Å². The molecule has 1 unspecified atom stereocenters. The number of thiophene rings is 1. The first-order valence-corrected chi connectivity index (χ1v) is 6.53. The highest BCUT2D eigenvalue weighted by Gasteiger charge is 2.16. The Labute approximate surface area is 94.2 Å². The van der Waals surface area contributed by atoms with Gasteiger partial charge in [-0.25, -0.2) is 0 Å². The summed E-state index contributed by atoms with van der Waals surface area (Å²) >= 11 is 3.68. The summed E-state index contributed by atoms with van der Waals surface area (Å²) in [6.45, 7) is 6.67. The van der Waals surface area contributed by atoms with Gasteiger partial charge in [0.15, 0.2) is 0 Å². The summed E-state index contributed by atoms with van der Waals surface area (Å²) in [4.78, 5) is 1.31. The Morgan fingerprint density at radius 2 is 2.29 bits per heavy atom. The van der Waals surface area contributed by atoms with Crippen LogP contribution in [0, 0.1) is 0 Å². The number of rotatable bonds is 4. The highest BCUT2D eigenvalue weighted by atomic mass is 32.2. The minimum atomic E-state index is 0.277. The van der Waals surface area contributed by atoms with E-state index in [1.54, 1.807) is 11.3 Å². The van der Waals surface area contributed by atoms with E-state index in [9.17, 15) is 0 Å². The fraction of sp³-hybridized carbons (Fsp3) is 0.600. The molecule has 1 rings (SSSR count). The van der Waals surface area contributed by atoms with Gasteiger partial charge in [-0.3, -0.25) is 11.3 Å². The lowest BCUT2D eigenvalue weighted by molar-refractivity contribution is 0.617. The molecule has 2 nitrogen and oxygen atoms in total. The maximum atomic E-state index is 5.54. The van der Waals surface area contributed by atoms with Crippen LogP contribution in [0.2, 0.25) is 0 Å². The molecule has 0 radical (unpaired) electrons. The summed E-state index contributed by atoms with van der Waals surface area (Å²) in [5.74, 6) is 6.55. The highest BCUT2D eigenvalue weighted by Crippen LogP contribution is 2.29. The molecule has 0 fully saturated rings. The van der Waals surface area contributed by atoms with Gasteiger partial charge in [0.05, 0.1) is 6.04 Å². The molecule has 0 aliphatic rings. The van der Waals surface area contributed by atoms with E-state index in [1.807, 2.05) is 11.8 Å². The summed E-state index contributed by atoms with van der Waals surface area (Å²) in [5, 5.41) is 2.08. The first-order chi connectivity index (χ1) is 6.53. The zero-order valence-corrected chi connectivity index (χ0v) is 10.5. The van der Waals surface area contributed by atoms with Crippen molar-refractivity contribution < 1.29 is 0 Å². The van der Waals surface area contributed by atoms with E-state index in [4.69, 9.17) is 5.84 Å². The highest BCUT2D eigenvalue weighted by molar-refractivity contribution is 8.00. The molecular weight excluding hydrogens is 212 g/mol. The molecule has 1 aromatic heterocycles. The number of thioether (sulfide) groups is 1. The second-order valence-corrected chi connectivity index (χ2v) is 6.98. The summed E-state index contributed by atoms with van der Waals surface area (Å²) < 4.78 is 0.298. The van der Waals surface area contributed by atoms with E-state index in [0.29, 0.717) is 4.75 Å². The molecule has 3 N–H and O–H groups in total. The van der Waals surface area contributed by atoms with Crippen molar-refractivity contribution in [2.75, 3.05) is 5.75 Å². The molecule has 14 heavy (non-hydrogen) atoms. The van der Waals surface area contributed by atoms with Crippen LogP contribution in [0.15, 0.2) is 17.5 Å². The molecule has 0 saturated carbocycles. The molecule has 1 atom stereocenters. The Morgan fingerprint density at radius 3 is 2.71 bits per heavy atom. The van der Waals surface area contributed by atoms with Crippen molar-refractivity contribution in [3.8, 4) is 0 Å². The van der Waals surface area contributed by atoms with Crippen LogP contribution in [0.25, 0.3) is 0 Å². The smallest absolute Gasteiger partial charge is 0.0643 e. The maximum absolute atomic E-state index is 5.54. The molecule has 0 aromatic carbocycles. The Bertz CT molecular complexity index is 252. The molecule has 1 heterocycles. The largest absolute Gasteiger partial charge is 0.271 e. The quantitative estimate of drug-likeness (QED) is 0.617. The molecule has 0 amide bonds. The van der Waals surface area contributed by atoms with Crippen molar-refractivity contribution in [2.45, 2.75) is 31.6 Å². The van der Waals surface area contributed by atoms with Crippen molar-refractivity contribution in [3.63, 3.8) is 0 Å². The van der Waals surface area contributed by atoms with E-state index < -0.39 is 0 Å². The van der Waals surface area contributed by atoms with Crippen LogP contribution in [-0.4, -0.2) is 10.5 Å². The first kappa shape index (κ1) is 12.0. The molecular formula is C10H18N2S2. The summed E-state index contributed by atoms with van der Waals surface area (Å²) in [5.41, 5.74) is 2.87. The van der Waals surface area contributed by atoms with Gasteiger partial charge in [-0.2, -0.15) is 11.8 Å². The van der Waals surface area contributed by atoms with Crippen molar-refractivity contribution in [3.05, 3.63) is 22.4 Å². The topological polar surface area (TPSA) is 38.0 Å². The normalized spacial score (nSPS) is 14.3. The molecule has 1 aromatic rings. The number of hydrazine groups is 1. The fourth-order valence-corrected chi connectivity index (χ4v) is 2.87. The van der Waals surface area contributed by atoms with Gasteiger partial charge in [-0.05, 0) is 11.4 Å². The van der Waals surface area contributed by atoms with Gasteiger partial charge in [0.25, 0.3) is 0 Å². The van der Waals surface area contributed by atoms with Gasteiger partial charge < -0.3 is 0 Å². The Balaban J connectivity index is 2.49. The number of nitrogens with two attached hydrogens (primary N) is 1. The van der Waals surface area contributed by atoms with Crippen LogP contribution in [-0.2, 0) is 0 Å². The Morgan fingerprint density at radius 1 is 1.57 bits per heavy atom. The minimum Gasteiger partial charge on any atom is -0.271 e. The molecule has 4 heteroatoms. The van der Waals surface area contributed by atoms with Crippen LogP contribution >= 0.6 is 23.1 Å². The van der Waals surface area contributed by atoms with Crippen molar-refractivity contribution in [1.29, 1.82) is 0 Å². The van der Waals surface area contributed by atoms with Crippen LogP contribution in [0.1, 0.15) is 31.7 Å². The third kappa shape index (κ3) is 4.00. The van der Waals surface area contributed by atoms with Gasteiger partial charge in [-0.1, -0.05) is 26.8 Å². The van der Waals surface area contributed by atoms with Crippen LogP contribution in [0.4, 0.5) is 0 Å². The van der Waals surface area contributed by atoms with E-state index in [1.165, 1.54) is 4.88 Å². The second-order valence-electron chi connectivity index (χ2n) is 4.16. The summed E-state index contributed by atoms with van der Waals surface area (Å²) in [6.07, 6.45) is 0. The molecule has 0 saturated heterocycles. The number of hydrogen-bond acceptors (Lipinski definition) is 4. The lowest BCUT2D eigenvalue weighted by atomic mass is 10.3. The van der Waals surface area contributed by atoms with Crippen molar-refractivity contribution in [1.82, 2.24) is 5.43 Å². The van der Waals surface area contributed by atoms with E-state index in [0.717, 1.165) is 5.75 Å². The molecule has 0 aliphatic heterocycles. The predicted octanol–water partition coefficient (Wildman–Crippen LogP) is 2.78. The Hall–Kier alpha value is -0.0300. The van der Waals surface area contributed by atoms with Crippen LogP contribution < -0.4 is 11.3 Å². The lowest BCUT2D eigenvalue weighted by Crippen LogP contribution is -2.30. The van der Waals surface area contributed by atoms with Crippen molar-refractivity contribution in [2.24, 2.45) is 5.84 Å². The molecule has 0 bridgehead atoms. The predicted molar refractivity (Wildman–Crippen MR) is 66.6 cm³/mol.